The van der Waals surface area contributed by atoms with Crippen molar-refractivity contribution < 1.29 is 0 Å². The summed E-state index contributed by atoms with van der Waals surface area (Å²) in [6.07, 6.45) is 0. The summed E-state index contributed by atoms with van der Waals surface area (Å²) >= 11 is 8.11. The third-order valence-electron chi connectivity index (χ3n) is 26.1. The Bertz CT molecular complexity index is 8040. The van der Waals surface area contributed by atoms with Crippen molar-refractivity contribution in [2.75, 3.05) is 15.1 Å². The molecule has 134 heavy (non-hydrogen) atoms. The molecule has 0 aliphatic carbocycles. The van der Waals surface area contributed by atoms with Gasteiger partial charge in [0.25, 0.3) is 0 Å². The molecule has 4 nitrogen and oxygen atoms in total. The van der Waals surface area contributed by atoms with E-state index >= 15 is 0 Å². The number of para-hydroxylation sites is 4. The van der Waals surface area contributed by atoms with E-state index in [2.05, 4.69) is 564 Å². The third-order valence-corrected chi connectivity index (χ3v) is 35.9. The molecule has 22 aromatic carbocycles. The van der Waals surface area contributed by atoms with E-state index in [0.717, 1.165) is 50.4 Å². The van der Waals surface area contributed by atoms with E-state index in [1.807, 2.05) is 17.1 Å². The van der Waals surface area contributed by atoms with Gasteiger partial charge in [-0.25, -0.2) is 0 Å². The van der Waals surface area contributed by atoms with Crippen molar-refractivity contribution in [3.05, 3.63) is 539 Å². The molecule has 0 spiro atoms. The van der Waals surface area contributed by atoms with Gasteiger partial charge in [-0.15, -0.1) is 0 Å². The molecule has 0 amide bonds. The molecule has 642 valence electrons. The van der Waals surface area contributed by atoms with E-state index in [1.165, 1.54) is 145 Å². The van der Waals surface area contributed by atoms with Gasteiger partial charge < -0.3 is 19.4 Å². The van der Waals surface area contributed by atoms with Crippen molar-refractivity contribution in [2.24, 2.45) is 0 Å². The molecule has 0 atom stereocenters. The topological polar surface area (TPSA) is 25.1 Å². The Morgan fingerprint density at radius 1 is 0.231 bits per heavy atom. The second-order valence-electron chi connectivity index (χ2n) is 33.5. The van der Waals surface area contributed by atoms with Crippen LogP contribution in [0, 0.1) is 0 Å². The molecule has 1 N–H and O–H groups in total. The van der Waals surface area contributed by atoms with Crippen molar-refractivity contribution in [2.45, 2.75) is 7.43 Å². The second kappa shape index (κ2) is 38.9. The third kappa shape index (κ3) is 16.3. The fourth-order valence-electron chi connectivity index (χ4n) is 20.3. The minimum Gasteiger partial charge on any atom is -0.355 e. The molecule has 2 aromatic heterocycles. The summed E-state index contributed by atoms with van der Waals surface area (Å²) in [7, 11) is -5.47. The summed E-state index contributed by atoms with van der Waals surface area (Å²) in [4.78, 5) is 4.46. The van der Waals surface area contributed by atoms with Gasteiger partial charge in [0.15, 0.2) is 16.1 Å². The molecule has 0 aliphatic heterocycles. The average molecular weight is 1880 g/mol. The zero-order valence-corrected chi connectivity index (χ0v) is 78.3. The van der Waals surface area contributed by atoms with Gasteiger partial charge in [-0.3, -0.25) is 0 Å². The lowest BCUT2D eigenvalue weighted by molar-refractivity contribution is 1.18. The van der Waals surface area contributed by atoms with Crippen molar-refractivity contribution in [3.63, 3.8) is 0 Å². The first kappa shape index (κ1) is 86.6. The number of benzene rings is 22. The van der Waals surface area contributed by atoms with Gasteiger partial charge >= 0.3 is 0 Å². The number of rotatable bonds is 17. The quantitative estimate of drug-likeness (QED) is 0.0323. The largest absolute Gasteiger partial charge is 0.355 e. The summed E-state index contributed by atoms with van der Waals surface area (Å²) in [5.74, 6) is 0. The van der Waals surface area contributed by atoms with Gasteiger partial charge in [0.2, 0.25) is 0 Å². The lowest BCUT2D eigenvalue weighted by Crippen LogP contribution is -2.74. The Labute approximate surface area is 804 Å². The van der Waals surface area contributed by atoms with E-state index in [4.69, 9.17) is 11.6 Å². The highest BCUT2D eigenvalue weighted by atomic mass is 127. The SMILES string of the molecule is C.CI.Clc1ccc(-c2ccc3c(ccc4ccccc43)c2)cc1.c1ccc(-n2c3ccccc3c3c(N(c4ccc(-c5ccc6c(ccc7ccccc76)c5)cc4)c4cccc([Si](c5ccccc5)(c5ccccc5)c5ccccc5)c4)cccc32)cc1.c1ccc(-n2c3ccccc3c3c(Nc4cccc([Si](c5ccccc5)(c5ccccc5)c5ccccc5)c4)cccc32)cc1. The maximum absolute atomic E-state index is 5.96. The fourth-order valence-corrected chi connectivity index (χ4v) is 30.0. The predicted molar refractivity (Wildman–Crippen MR) is 592 cm³/mol. The number of halogens is 2. The minimum atomic E-state index is -2.84. The molecule has 0 radical (unpaired) electrons. The zero-order valence-electron chi connectivity index (χ0n) is 73.4. The van der Waals surface area contributed by atoms with Crippen molar-refractivity contribution in [3.8, 4) is 33.6 Å². The number of hydrogen-bond donors (Lipinski definition) is 1. The van der Waals surface area contributed by atoms with Gasteiger partial charge in [-0.05, 0) is 233 Å². The lowest BCUT2D eigenvalue weighted by Gasteiger charge is -2.35. The van der Waals surface area contributed by atoms with Crippen molar-refractivity contribution in [1.29, 1.82) is 0 Å². The smallest absolute Gasteiger partial charge is 0.179 e. The Morgan fingerprint density at radius 2 is 0.552 bits per heavy atom. The molecular weight excluding hydrogens is 1790 g/mol. The van der Waals surface area contributed by atoms with Crippen LogP contribution in [0.5, 0.6) is 0 Å². The molecule has 0 bridgehead atoms. The van der Waals surface area contributed by atoms with Crippen LogP contribution in [-0.4, -0.2) is 30.2 Å². The molecule has 0 fully saturated rings. The van der Waals surface area contributed by atoms with Crippen LogP contribution in [0.4, 0.5) is 28.4 Å². The van der Waals surface area contributed by atoms with E-state index in [-0.39, 0.29) is 7.43 Å². The fraction of sp³-hybridized carbons (Fsp3) is 0.0159. The standard InChI is InChI=1S/C62H44N2Si.C42H32N2Si.C20H13Cl.CH3I.CH4/c1-5-20-49(21-6-1)64-59-32-16-15-31-58(59)62-60(33-18-34-61(62)64)63(50-40-37-45(38-41-50)47-39-42-57-48(43-47)36-35-46-19-13-14-30-56(46)57)51-22-17-29-55(44-51)65(52-23-7-2-8-24-52,53-25-9-3-10-26-53)54-27-11-4-12-28-54;1-5-18-33(19-6-1)44-40-29-14-13-27-38(40)42-39(28-16-30-41(42)44)43-32-17-15-26-37(31-32)45(34-20-7-2-8-21-34,35-22-9-3-10-23-35)36-24-11-4-12-25-36;21-18-10-7-14(8-11-18)16-9-12-20-17(13-16)6-5-15-3-1-2-4-19(15)20;1-2;/h1-44H;1-31,43H;1-13H;1H3;1H4. The molecular formula is C126H96ClIN4Si2. The molecule has 24 rings (SSSR count). The van der Waals surface area contributed by atoms with E-state index in [1.54, 1.807) is 0 Å². The Balaban J connectivity index is 0.000000139. The van der Waals surface area contributed by atoms with Crippen LogP contribution in [-0.2, 0) is 0 Å². The van der Waals surface area contributed by atoms with Gasteiger partial charge in [-0.1, -0.05) is 454 Å². The van der Waals surface area contributed by atoms with E-state index in [0.29, 0.717) is 0 Å². The Kier molecular flexibility index (Phi) is 25.1. The molecule has 24 aromatic rings. The summed E-state index contributed by atoms with van der Waals surface area (Å²) in [5.41, 5.74) is 17.3. The number of hydrogen-bond acceptors (Lipinski definition) is 2. The Morgan fingerprint density at radius 3 is 1.00 bits per heavy atom. The summed E-state index contributed by atoms with van der Waals surface area (Å²) in [6, 6.07) is 194. The number of aromatic nitrogens is 2. The molecule has 8 heteroatoms. The van der Waals surface area contributed by atoms with E-state index < -0.39 is 16.1 Å². The molecule has 0 saturated carbocycles. The minimum absolute atomic E-state index is 0. The van der Waals surface area contributed by atoms with Gasteiger partial charge in [0, 0.05) is 60.7 Å². The average Bonchev–Trinajstić information content (AvgIpc) is 0.939. The summed E-state index contributed by atoms with van der Waals surface area (Å²) < 4.78 is 4.78. The first-order valence-corrected chi connectivity index (χ1v) is 51.8. The highest BCUT2D eigenvalue weighted by molar-refractivity contribution is 14.1. The number of nitrogens with zero attached hydrogens (tertiary/aromatic N) is 3. The first-order valence-electron chi connectivity index (χ1n) is 45.2. The highest BCUT2D eigenvalue weighted by Gasteiger charge is 2.43. The lowest BCUT2D eigenvalue weighted by atomic mass is 9.97. The first-order chi connectivity index (χ1) is 65.9. The molecule has 2 heterocycles. The number of fused-ring (bicyclic) bond motifs is 12. The van der Waals surface area contributed by atoms with Crippen LogP contribution in [0.2, 0.25) is 5.02 Å². The van der Waals surface area contributed by atoms with Gasteiger partial charge in [-0.2, -0.15) is 0 Å². The van der Waals surface area contributed by atoms with Crippen LogP contribution < -0.4 is 51.7 Å². The number of alkyl halides is 1. The van der Waals surface area contributed by atoms with Crippen LogP contribution in [0.1, 0.15) is 7.43 Å². The Hall–Kier alpha value is -15.5. The molecule has 0 unspecified atom stereocenters. The van der Waals surface area contributed by atoms with Gasteiger partial charge in [0.05, 0.1) is 27.8 Å². The van der Waals surface area contributed by atoms with Crippen LogP contribution in [0.25, 0.3) is 120 Å². The second-order valence-corrected chi connectivity index (χ2v) is 41.6. The number of nitrogens with one attached hydrogen (secondary N) is 1. The monoisotopic (exact) mass is 1880 g/mol. The van der Waals surface area contributed by atoms with Crippen LogP contribution in [0.15, 0.2) is 534 Å². The van der Waals surface area contributed by atoms with Crippen molar-refractivity contribution >= 4 is 207 Å². The van der Waals surface area contributed by atoms with Crippen LogP contribution >= 0.6 is 34.2 Å². The van der Waals surface area contributed by atoms with Gasteiger partial charge in [0.1, 0.15) is 0 Å². The summed E-state index contributed by atoms with van der Waals surface area (Å²) in [5, 5.41) is 30.6. The normalized spacial score (nSPS) is 11.3. The maximum atomic E-state index is 5.96. The number of anilines is 5. The predicted octanol–water partition coefficient (Wildman–Crippen LogP) is 29.5. The van der Waals surface area contributed by atoms with Crippen LogP contribution in [0.3, 0.4) is 0 Å². The maximum Gasteiger partial charge on any atom is 0.179 e. The molecule has 0 aliphatic rings. The molecule has 0 saturated heterocycles. The highest BCUT2D eigenvalue weighted by Crippen LogP contribution is 2.46. The van der Waals surface area contributed by atoms with Crippen molar-refractivity contribution in [1.82, 2.24) is 9.13 Å². The zero-order chi connectivity index (χ0) is 89.4. The summed E-state index contributed by atoms with van der Waals surface area (Å²) in [6.45, 7) is 0. The van der Waals surface area contributed by atoms with E-state index in [9.17, 15) is 0 Å².